The van der Waals surface area contributed by atoms with E-state index in [2.05, 4.69) is 10.6 Å². The number of alkyl halides is 3. The summed E-state index contributed by atoms with van der Waals surface area (Å²) in [6, 6.07) is 14.4. The lowest BCUT2D eigenvalue weighted by Crippen LogP contribution is -2.19. The maximum atomic E-state index is 14.0. The van der Waals surface area contributed by atoms with Crippen molar-refractivity contribution in [2.75, 3.05) is 31.5 Å². The number of fused-ring (bicyclic) bond motifs is 1. The minimum Gasteiger partial charge on any atom is -0.424 e. The molecule has 14 heteroatoms. The third-order valence-electron chi connectivity index (χ3n) is 5.62. The van der Waals surface area contributed by atoms with Gasteiger partial charge in [-0.3, -0.25) is 4.57 Å². The lowest BCUT2D eigenvalue weighted by molar-refractivity contribution is -0.0328. The van der Waals surface area contributed by atoms with Crippen molar-refractivity contribution in [3.63, 3.8) is 0 Å². The van der Waals surface area contributed by atoms with Crippen LogP contribution < -0.4 is 10.6 Å². The quantitative estimate of drug-likeness (QED) is 0.0977. The highest BCUT2D eigenvalue weighted by molar-refractivity contribution is 8.00. The lowest BCUT2D eigenvalue weighted by atomic mass is 10.1. The number of hydrogen-bond acceptors (Lipinski definition) is 7. The van der Waals surface area contributed by atoms with Gasteiger partial charge in [0.25, 0.3) is 0 Å². The Morgan fingerprint density at radius 3 is 2.26 bits per heavy atom. The van der Waals surface area contributed by atoms with Gasteiger partial charge in [0.1, 0.15) is 5.82 Å². The van der Waals surface area contributed by atoms with E-state index in [0.717, 1.165) is 22.3 Å². The van der Waals surface area contributed by atoms with Crippen molar-refractivity contribution in [1.29, 1.82) is 0 Å². The van der Waals surface area contributed by atoms with E-state index in [4.69, 9.17) is 9.47 Å². The lowest BCUT2D eigenvalue weighted by Gasteiger charge is -2.10. The first-order valence-electron chi connectivity index (χ1n) is 12.2. The van der Waals surface area contributed by atoms with E-state index in [1.54, 1.807) is 24.3 Å². The fourth-order valence-electron chi connectivity index (χ4n) is 3.88. The van der Waals surface area contributed by atoms with Crippen LogP contribution in [0.2, 0.25) is 0 Å². The molecule has 4 aromatic rings. The monoisotopic (exact) mass is 604 g/mol. The van der Waals surface area contributed by atoms with Crippen LogP contribution in [-0.4, -0.2) is 54.0 Å². The number of urea groups is 1. The molecule has 0 aliphatic carbocycles. The smallest absolute Gasteiger partial charge is 0.424 e. The molecule has 1 aromatic heterocycles. The highest BCUT2D eigenvalue weighted by Crippen LogP contribution is 2.37. The zero-order chi connectivity index (χ0) is 30.4. The highest BCUT2D eigenvalue weighted by atomic mass is 32.2. The molecule has 0 aliphatic rings. The minimum atomic E-state index is -4.45. The van der Waals surface area contributed by atoms with Crippen LogP contribution in [0.15, 0.2) is 77.8 Å². The molecule has 2 N–H and O–H groups in total. The molecule has 0 saturated heterocycles. The third kappa shape index (κ3) is 8.24. The van der Waals surface area contributed by atoms with E-state index in [-0.39, 0.29) is 44.5 Å². The van der Waals surface area contributed by atoms with Gasteiger partial charge in [0, 0.05) is 28.7 Å². The molecule has 0 unspecified atom stereocenters. The normalized spacial score (nSPS) is 11.4. The zero-order valence-electron chi connectivity index (χ0n) is 22.2. The third-order valence-corrected chi connectivity index (χ3v) is 6.36. The number of rotatable bonds is 8. The molecular weight excluding hydrogens is 580 g/mol. The second kappa shape index (κ2) is 13.0. The number of thioether (sulfide) groups is 1. The molecule has 3 aromatic carbocycles. The van der Waals surface area contributed by atoms with E-state index < -0.39 is 36.2 Å². The molecule has 0 radical (unpaired) electrons. The van der Waals surface area contributed by atoms with Gasteiger partial charge in [-0.15, -0.1) is 0 Å². The van der Waals surface area contributed by atoms with Crippen molar-refractivity contribution in [3.8, 4) is 0 Å². The van der Waals surface area contributed by atoms with E-state index in [9.17, 15) is 31.9 Å². The van der Waals surface area contributed by atoms with Gasteiger partial charge in [-0.25, -0.2) is 18.8 Å². The number of nitrogens with one attached hydrogen (secondary N) is 2. The first-order valence-corrected chi connectivity index (χ1v) is 13.0. The summed E-state index contributed by atoms with van der Waals surface area (Å²) in [5.41, 5.74) is -2.76. The Hall–Kier alpha value is -4.56. The number of aromatic nitrogens is 1. The van der Waals surface area contributed by atoms with E-state index >= 15 is 0 Å². The van der Waals surface area contributed by atoms with E-state index in [0.29, 0.717) is 6.54 Å². The second-order valence-corrected chi connectivity index (χ2v) is 10.3. The average molecular weight is 605 g/mol. The van der Waals surface area contributed by atoms with Crippen LogP contribution in [0.3, 0.4) is 0 Å². The largest absolute Gasteiger partial charge is 0.446 e. The zero-order valence-corrected chi connectivity index (χ0v) is 23.0. The maximum Gasteiger partial charge on any atom is 0.446 e. The molecule has 0 spiro atoms. The summed E-state index contributed by atoms with van der Waals surface area (Å²) in [7, 11) is 3.83. The van der Waals surface area contributed by atoms with Gasteiger partial charge in [0.15, 0.2) is 0 Å². The van der Waals surface area contributed by atoms with Gasteiger partial charge in [-0.1, -0.05) is 12.1 Å². The van der Waals surface area contributed by atoms with Crippen LogP contribution in [0.25, 0.3) is 10.9 Å². The average Bonchev–Trinajstić information content (AvgIpc) is 3.26. The van der Waals surface area contributed by atoms with E-state index in [1.807, 2.05) is 19.0 Å². The van der Waals surface area contributed by atoms with Crippen LogP contribution in [0, 0.1) is 5.82 Å². The molecule has 4 rings (SSSR count). The molecular formula is C28H24F4N4O5S. The van der Waals surface area contributed by atoms with Crippen LogP contribution in [0.5, 0.6) is 0 Å². The molecule has 220 valence electrons. The van der Waals surface area contributed by atoms with Crippen molar-refractivity contribution in [1.82, 2.24) is 9.47 Å². The van der Waals surface area contributed by atoms with Crippen molar-refractivity contribution in [2.24, 2.45) is 0 Å². The first-order chi connectivity index (χ1) is 19.9. The van der Waals surface area contributed by atoms with Crippen molar-refractivity contribution in [2.45, 2.75) is 16.9 Å². The van der Waals surface area contributed by atoms with Crippen LogP contribution in [0.1, 0.15) is 15.9 Å². The van der Waals surface area contributed by atoms with Gasteiger partial charge < -0.3 is 25.0 Å². The number of hydrogen-bond donors (Lipinski definition) is 2. The Kier molecular flexibility index (Phi) is 9.38. The molecule has 0 saturated carbocycles. The van der Waals surface area contributed by atoms with Gasteiger partial charge in [-0.2, -0.15) is 13.2 Å². The number of esters is 1. The van der Waals surface area contributed by atoms with Gasteiger partial charge in [0.05, 0.1) is 16.8 Å². The molecule has 0 aliphatic heterocycles. The number of carbonyl (C=O) groups is 3. The number of amides is 2. The predicted octanol–water partition coefficient (Wildman–Crippen LogP) is 6.90. The number of nitrogens with zero attached hydrogens (tertiary/aromatic N) is 2. The summed E-state index contributed by atoms with van der Waals surface area (Å²) < 4.78 is 62.7. The molecule has 1 heterocycles. The predicted molar refractivity (Wildman–Crippen MR) is 149 cm³/mol. The molecule has 0 bridgehead atoms. The Labute approximate surface area is 241 Å². The van der Waals surface area contributed by atoms with Crippen molar-refractivity contribution >= 4 is 52.1 Å². The highest BCUT2D eigenvalue weighted by Gasteiger charge is 2.29. The van der Waals surface area contributed by atoms with Crippen LogP contribution in [-0.2, 0) is 16.0 Å². The topological polar surface area (TPSA) is 102 Å². The Balaban J connectivity index is 1.39. The standard InChI is InChI=1S/C28H24F4N4O5S/c1-35(2)14-17-3-5-18(6-4-17)25(37)40-16-41-27(39)36-15-23(22-13-19(29)7-12-24(22)36)34-26(38)33-20-8-10-21(11-9-20)42-28(30,31)32/h3-13,15H,14,16H2,1-2H3,(H2,33,34,38). The second-order valence-electron chi connectivity index (χ2n) is 9.12. The molecule has 42 heavy (non-hydrogen) atoms. The number of ether oxygens (including phenoxy) is 2. The first kappa shape index (κ1) is 30.4. The Morgan fingerprint density at radius 2 is 1.62 bits per heavy atom. The fourth-order valence-corrected chi connectivity index (χ4v) is 4.41. The number of benzene rings is 3. The summed E-state index contributed by atoms with van der Waals surface area (Å²) >= 11 is -0.292. The van der Waals surface area contributed by atoms with Gasteiger partial charge >= 0.3 is 23.6 Å². The summed E-state index contributed by atoms with van der Waals surface area (Å²) in [5.74, 6) is -1.34. The molecule has 0 fully saturated rings. The minimum absolute atomic E-state index is 0.0398. The summed E-state index contributed by atoms with van der Waals surface area (Å²) in [6.07, 6.45) is 0.229. The molecule has 2 amide bonds. The van der Waals surface area contributed by atoms with E-state index in [1.165, 1.54) is 36.5 Å². The molecule has 9 nitrogen and oxygen atoms in total. The van der Waals surface area contributed by atoms with Crippen LogP contribution in [0.4, 0.5) is 38.5 Å². The van der Waals surface area contributed by atoms with Gasteiger partial charge in [-0.05, 0) is 86.0 Å². The summed E-state index contributed by atoms with van der Waals surface area (Å²) in [4.78, 5) is 39.6. The number of carbonyl (C=O) groups excluding carboxylic acids is 3. The Bertz CT molecular complexity index is 1590. The van der Waals surface area contributed by atoms with Crippen molar-refractivity contribution < 1.29 is 41.4 Å². The van der Waals surface area contributed by atoms with Crippen molar-refractivity contribution in [3.05, 3.63) is 89.9 Å². The van der Waals surface area contributed by atoms with Gasteiger partial charge in [0.2, 0.25) is 6.79 Å². The Morgan fingerprint density at radius 1 is 0.929 bits per heavy atom. The summed E-state index contributed by atoms with van der Waals surface area (Å²) in [5, 5.41) is 5.10. The molecule has 0 atom stereocenters. The number of anilines is 2. The fraction of sp³-hybridized carbons (Fsp3) is 0.179. The summed E-state index contributed by atoms with van der Waals surface area (Å²) in [6.45, 7) is -0.0122. The maximum absolute atomic E-state index is 14.0. The number of halogens is 4. The SMILES string of the molecule is CN(C)Cc1ccc(C(=O)OCOC(=O)n2cc(NC(=O)Nc3ccc(SC(F)(F)F)cc3)c3cc(F)ccc32)cc1. The van der Waals surface area contributed by atoms with Crippen LogP contribution >= 0.6 is 11.8 Å².